The molecule has 0 saturated heterocycles. The van der Waals surface area contributed by atoms with Crippen molar-refractivity contribution in [3.05, 3.63) is 42.5 Å². The van der Waals surface area contributed by atoms with Gasteiger partial charge in [0.2, 0.25) is 0 Å². The van der Waals surface area contributed by atoms with E-state index in [9.17, 15) is 5.11 Å². The molecule has 0 spiro atoms. The van der Waals surface area contributed by atoms with E-state index in [0.717, 1.165) is 16.5 Å². The van der Waals surface area contributed by atoms with Crippen LogP contribution in [0.1, 0.15) is 0 Å². The Kier molecular flexibility index (Phi) is 5.22. The van der Waals surface area contributed by atoms with E-state index in [1.165, 1.54) is 0 Å². The van der Waals surface area contributed by atoms with Crippen LogP contribution < -0.4 is 10.5 Å². The Morgan fingerprint density at radius 2 is 1.82 bits per heavy atom. The number of aliphatic hydroxyl groups is 1. The molecule has 0 bridgehead atoms. The summed E-state index contributed by atoms with van der Waals surface area (Å²) >= 11 is 0. The van der Waals surface area contributed by atoms with Crippen molar-refractivity contribution in [2.45, 2.75) is 6.10 Å². The number of benzene rings is 2. The van der Waals surface area contributed by atoms with Crippen LogP contribution in [0, 0.1) is 0 Å². The van der Waals surface area contributed by atoms with Gasteiger partial charge < -0.3 is 15.6 Å². The minimum Gasteiger partial charge on any atom is -0.490 e. The lowest BCUT2D eigenvalue weighted by molar-refractivity contribution is 0.115. The SMILES string of the molecule is Cl.NC[C@H](O)COc1cccc2ccccc12. The molecule has 0 fully saturated rings. The van der Waals surface area contributed by atoms with Crippen molar-refractivity contribution in [2.24, 2.45) is 5.73 Å². The van der Waals surface area contributed by atoms with Crippen molar-refractivity contribution in [1.82, 2.24) is 0 Å². The van der Waals surface area contributed by atoms with Gasteiger partial charge in [-0.05, 0) is 11.5 Å². The first-order valence-corrected chi connectivity index (χ1v) is 5.30. The topological polar surface area (TPSA) is 55.5 Å². The van der Waals surface area contributed by atoms with Crippen LogP contribution in [0.15, 0.2) is 42.5 Å². The van der Waals surface area contributed by atoms with E-state index in [4.69, 9.17) is 10.5 Å². The summed E-state index contributed by atoms with van der Waals surface area (Å²) in [6.45, 7) is 0.440. The molecule has 3 N–H and O–H groups in total. The molecular weight excluding hydrogens is 238 g/mol. The van der Waals surface area contributed by atoms with Gasteiger partial charge in [-0.3, -0.25) is 0 Å². The Morgan fingerprint density at radius 1 is 1.12 bits per heavy atom. The van der Waals surface area contributed by atoms with Gasteiger partial charge in [0.1, 0.15) is 18.5 Å². The van der Waals surface area contributed by atoms with Crippen molar-refractivity contribution in [2.75, 3.05) is 13.2 Å². The van der Waals surface area contributed by atoms with E-state index in [2.05, 4.69) is 0 Å². The van der Waals surface area contributed by atoms with Gasteiger partial charge in [0.15, 0.2) is 0 Å². The Balaban J connectivity index is 0.00000144. The van der Waals surface area contributed by atoms with Crippen LogP contribution in [0.2, 0.25) is 0 Å². The molecule has 0 heterocycles. The molecule has 4 heteroatoms. The third-order valence-electron chi connectivity index (χ3n) is 2.45. The fourth-order valence-electron chi connectivity index (χ4n) is 1.58. The van der Waals surface area contributed by atoms with Gasteiger partial charge in [-0.15, -0.1) is 12.4 Å². The summed E-state index contributed by atoms with van der Waals surface area (Å²) in [4.78, 5) is 0. The molecule has 2 aromatic rings. The summed E-state index contributed by atoms with van der Waals surface area (Å²) in [5.74, 6) is 0.783. The average Bonchev–Trinajstić information content (AvgIpc) is 2.35. The second-order valence-electron chi connectivity index (χ2n) is 3.68. The first-order chi connectivity index (χ1) is 7.81. The molecule has 0 aromatic heterocycles. The molecule has 2 aromatic carbocycles. The van der Waals surface area contributed by atoms with Crippen LogP contribution in [0.25, 0.3) is 10.8 Å². The fourth-order valence-corrected chi connectivity index (χ4v) is 1.58. The molecule has 0 aliphatic rings. The Hall–Kier alpha value is -1.29. The predicted octanol–water partition coefficient (Wildman–Crippen LogP) is 1.96. The van der Waals surface area contributed by atoms with Gasteiger partial charge in [-0.25, -0.2) is 0 Å². The van der Waals surface area contributed by atoms with Gasteiger partial charge in [0, 0.05) is 11.9 Å². The minimum atomic E-state index is -0.612. The van der Waals surface area contributed by atoms with Gasteiger partial charge in [-0.1, -0.05) is 36.4 Å². The number of ether oxygens (including phenoxy) is 1. The van der Waals surface area contributed by atoms with Crippen LogP contribution in [0.4, 0.5) is 0 Å². The number of rotatable bonds is 4. The highest BCUT2D eigenvalue weighted by Crippen LogP contribution is 2.25. The Labute approximate surface area is 107 Å². The first-order valence-electron chi connectivity index (χ1n) is 5.30. The zero-order valence-corrected chi connectivity index (χ0v) is 10.2. The summed E-state index contributed by atoms with van der Waals surface area (Å²) in [7, 11) is 0. The minimum absolute atomic E-state index is 0. The summed E-state index contributed by atoms with van der Waals surface area (Å²) in [6.07, 6.45) is -0.612. The molecule has 0 amide bonds. The third-order valence-corrected chi connectivity index (χ3v) is 2.45. The lowest BCUT2D eigenvalue weighted by Crippen LogP contribution is -2.26. The van der Waals surface area contributed by atoms with Gasteiger partial charge in [-0.2, -0.15) is 0 Å². The van der Waals surface area contributed by atoms with Crippen LogP contribution in [0.3, 0.4) is 0 Å². The molecule has 3 nitrogen and oxygen atoms in total. The van der Waals surface area contributed by atoms with Crippen molar-refractivity contribution in [3.63, 3.8) is 0 Å². The maximum absolute atomic E-state index is 9.34. The number of halogens is 1. The second-order valence-corrected chi connectivity index (χ2v) is 3.68. The predicted molar refractivity (Wildman–Crippen MR) is 71.8 cm³/mol. The molecule has 0 aliphatic carbocycles. The highest BCUT2D eigenvalue weighted by Gasteiger charge is 2.04. The normalized spacial score (nSPS) is 11.9. The van der Waals surface area contributed by atoms with Crippen LogP contribution in [-0.2, 0) is 0 Å². The maximum Gasteiger partial charge on any atom is 0.127 e. The molecule has 0 saturated carbocycles. The lowest BCUT2D eigenvalue weighted by atomic mass is 10.1. The van der Waals surface area contributed by atoms with E-state index in [0.29, 0.717) is 0 Å². The third kappa shape index (κ3) is 3.33. The quantitative estimate of drug-likeness (QED) is 0.876. The molecule has 1 atom stereocenters. The second kappa shape index (κ2) is 6.45. The van der Waals surface area contributed by atoms with Crippen LogP contribution in [0.5, 0.6) is 5.75 Å². The van der Waals surface area contributed by atoms with Crippen LogP contribution in [-0.4, -0.2) is 24.4 Å². The van der Waals surface area contributed by atoms with Crippen molar-refractivity contribution in [3.8, 4) is 5.75 Å². The average molecular weight is 254 g/mol. The maximum atomic E-state index is 9.34. The standard InChI is InChI=1S/C13H15NO2.ClH/c14-8-11(15)9-16-13-7-3-5-10-4-1-2-6-12(10)13;/h1-7,11,15H,8-9,14H2;1H/t11-;/m0./s1. The summed E-state index contributed by atoms with van der Waals surface area (Å²) in [5.41, 5.74) is 5.32. The number of hydrogen-bond donors (Lipinski definition) is 2. The summed E-state index contributed by atoms with van der Waals surface area (Å²) in [5, 5.41) is 11.5. The van der Waals surface area contributed by atoms with E-state index in [-0.39, 0.29) is 25.6 Å². The van der Waals surface area contributed by atoms with Gasteiger partial charge >= 0.3 is 0 Å². The number of hydrogen-bond acceptors (Lipinski definition) is 3. The van der Waals surface area contributed by atoms with Crippen molar-refractivity contribution >= 4 is 23.2 Å². The summed E-state index contributed by atoms with van der Waals surface area (Å²) in [6, 6.07) is 13.8. The highest BCUT2D eigenvalue weighted by atomic mass is 35.5. The molecule has 0 aliphatic heterocycles. The number of aliphatic hydroxyl groups excluding tert-OH is 1. The van der Waals surface area contributed by atoms with Gasteiger partial charge in [0.25, 0.3) is 0 Å². The highest BCUT2D eigenvalue weighted by molar-refractivity contribution is 5.88. The van der Waals surface area contributed by atoms with Crippen LogP contribution >= 0.6 is 12.4 Å². The zero-order valence-electron chi connectivity index (χ0n) is 9.37. The Bertz CT molecular complexity index is 470. The molecule has 0 radical (unpaired) electrons. The zero-order chi connectivity index (χ0) is 11.4. The molecular formula is C13H16ClNO2. The molecule has 0 unspecified atom stereocenters. The first kappa shape index (κ1) is 13.8. The number of nitrogens with two attached hydrogens (primary N) is 1. The van der Waals surface area contributed by atoms with Gasteiger partial charge in [0.05, 0.1) is 0 Å². The monoisotopic (exact) mass is 253 g/mol. The number of fused-ring (bicyclic) bond motifs is 1. The Morgan fingerprint density at radius 3 is 2.59 bits per heavy atom. The molecule has 17 heavy (non-hydrogen) atoms. The van der Waals surface area contributed by atoms with E-state index in [1.807, 2.05) is 42.5 Å². The van der Waals surface area contributed by atoms with E-state index in [1.54, 1.807) is 0 Å². The smallest absolute Gasteiger partial charge is 0.127 e. The molecule has 92 valence electrons. The summed E-state index contributed by atoms with van der Waals surface area (Å²) < 4.78 is 5.54. The van der Waals surface area contributed by atoms with E-state index >= 15 is 0 Å². The van der Waals surface area contributed by atoms with Crippen molar-refractivity contribution < 1.29 is 9.84 Å². The largest absolute Gasteiger partial charge is 0.490 e. The van der Waals surface area contributed by atoms with Crippen molar-refractivity contribution in [1.29, 1.82) is 0 Å². The molecule has 2 rings (SSSR count). The fraction of sp³-hybridized carbons (Fsp3) is 0.231. The van der Waals surface area contributed by atoms with E-state index < -0.39 is 6.10 Å². The lowest BCUT2D eigenvalue weighted by Gasteiger charge is -2.12.